The van der Waals surface area contributed by atoms with Crippen molar-refractivity contribution in [3.63, 3.8) is 0 Å². The first-order chi connectivity index (χ1) is 6.70. The summed E-state index contributed by atoms with van der Waals surface area (Å²) >= 11 is 0. The van der Waals surface area contributed by atoms with Crippen LogP contribution in [0.15, 0.2) is 30.3 Å². The van der Waals surface area contributed by atoms with E-state index in [1.807, 2.05) is 30.3 Å². The average molecular weight is 194 g/mol. The summed E-state index contributed by atoms with van der Waals surface area (Å²) in [6.07, 6.45) is 1.44. The molecule has 0 unspecified atom stereocenters. The lowest BCUT2D eigenvalue weighted by molar-refractivity contribution is -0.137. The molecule has 1 aromatic carbocycles. The smallest absolute Gasteiger partial charge is 0.302 e. The zero-order valence-electron chi connectivity index (χ0n) is 8.40. The van der Waals surface area contributed by atoms with Gasteiger partial charge in [-0.15, -0.1) is 0 Å². The number of ether oxygens (including phenoxy) is 1. The van der Waals surface area contributed by atoms with Crippen LogP contribution in [0.4, 0.5) is 0 Å². The monoisotopic (exact) mass is 194 g/mol. The third-order valence-electron chi connectivity index (χ3n) is 1.45. The molecule has 0 aliphatic rings. The molecule has 0 saturated heterocycles. The summed E-state index contributed by atoms with van der Waals surface area (Å²) in [6, 6.07) is 9.68. The van der Waals surface area contributed by atoms with Crippen LogP contribution in [0.25, 0.3) is 0 Å². The predicted molar refractivity (Wildman–Crippen MR) is 53.9 cm³/mol. The maximum atomic E-state index is 9.97. The number of benzene rings is 1. The SMILES string of the molecule is COC(C)=O.O=CCc1ccccc1. The molecule has 0 radical (unpaired) electrons. The number of aldehydes is 1. The molecule has 76 valence electrons. The van der Waals surface area contributed by atoms with E-state index < -0.39 is 0 Å². The number of hydrogen-bond acceptors (Lipinski definition) is 3. The molecule has 0 bridgehead atoms. The highest BCUT2D eigenvalue weighted by atomic mass is 16.5. The summed E-state index contributed by atoms with van der Waals surface area (Å²) in [5.41, 5.74) is 1.08. The average Bonchev–Trinajstić information content (AvgIpc) is 2.21. The quantitative estimate of drug-likeness (QED) is 0.530. The lowest BCUT2D eigenvalue weighted by Gasteiger charge is -1.89. The fourth-order valence-electron chi connectivity index (χ4n) is 0.710. The van der Waals surface area contributed by atoms with E-state index >= 15 is 0 Å². The Morgan fingerprint density at radius 2 is 1.86 bits per heavy atom. The van der Waals surface area contributed by atoms with Crippen molar-refractivity contribution in [1.82, 2.24) is 0 Å². The molecule has 0 aromatic heterocycles. The van der Waals surface area contributed by atoms with E-state index in [1.165, 1.54) is 14.0 Å². The minimum Gasteiger partial charge on any atom is -0.469 e. The lowest BCUT2D eigenvalue weighted by atomic mass is 10.2. The Morgan fingerprint density at radius 3 is 2.21 bits per heavy atom. The van der Waals surface area contributed by atoms with Gasteiger partial charge in [-0.25, -0.2) is 0 Å². The third kappa shape index (κ3) is 7.03. The summed E-state index contributed by atoms with van der Waals surface area (Å²) in [7, 11) is 1.35. The molecule has 0 atom stereocenters. The van der Waals surface area contributed by atoms with Gasteiger partial charge in [0.15, 0.2) is 0 Å². The summed E-state index contributed by atoms with van der Waals surface area (Å²) in [4.78, 5) is 19.6. The molecule has 0 aliphatic heterocycles. The van der Waals surface area contributed by atoms with Gasteiger partial charge in [-0.05, 0) is 5.56 Å². The molecule has 3 nitrogen and oxygen atoms in total. The maximum Gasteiger partial charge on any atom is 0.302 e. The van der Waals surface area contributed by atoms with E-state index in [0.29, 0.717) is 6.42 Å². The largest absolute Gasteiger partial charge is 0.469 e. The van der Waals surface area contributed by atoms with E-state index in [-0.39, 0.29) is 5.97 Å². The number of methoxy groups -OCH3 is 1. The first kappa shape index (κ1) is 12.4. The Balaban J connectivity index is 0.000000292. The minimum atomic E-state index is -0.245. The fraction of sp³-hybridized carbons (Fsp3) is 0.273. The van der Waals surface area contributed by atoms with Crippen LogP contribution in [0.5, 0.6) is 0 Å². The summed E-state index contributed by atoms with van der Waals surface area (Å²) in [6.45, 7) is 1.36. The van der Waals surface area contributed by atoms with Crippen LogP contribution >= 0.6 is 0 Å². The Labute approximate surface area is 83.7 Å². The van der Waals surface area contributed by atoms with Gasteiger partial charge < -0.3 is 9.53 Å². The topological polar surface area (TPSA) is 43.4 Å². The van der Waals surface area contributed by atoms with Crippen molar-refractivity contribution < 1.29 is 14.3 Å². The van der Waals surface area contributed by atoms with Crippen LogP contribution < -0.4 is 0 Å². The van der Waals surface area contributed by atoms with E-state index in [2.05, 4.69) is 4.74 Å². The van der Waals surface area contributed by atoms with Crippen LogP contribution in [0.2, 0.25) is 0 Å². The lowest BCUT2D eigenvalue weighted by Crippen LogP contribution is -1.88. The molecule has 0 N–H and O–H groups in total. The van der Waals surface area contributed by atoms with Crippen LogP contribution in [-0.4, -0.2) is 19.4 Å². The number of hydrogen-bond donors (Lipinski definition) is 0. The zero-order chi connectivity index (χ0) is 10.8. The van der Waals surface area contributed by atoms with Crippen molar-refractivity contribution in [3.8, 4) is 0 Å². The first-order valence-electron chi connectivity index (χ1n) is 4.22. The Bertz CT molecular complexity index is 267. The second-order valence-electron chi connectivity index (χ2n) is 2.55. The van der Waals surface area contributed by atoms with Gasteiger partial charge in [-0.3, -0.25) is 4.79 Å². The second-order valence-corrected chi connectivity index (χ2v) is 2.55. The summed E-state index contributed by atoms with van der Waals surface area (Å²) < 4.78 is 4.11. The molecule has 3 heteroatoms. The molecule has 0 saturated carbocycles. The van der Waals surface area contributed by atoms with Crippen molar-refractivity contribution >= 4 is 12.3 Å². The van der Waals surface area contributed by atoms with Gasteiger partial charge in [0, 0.05) is 13.3 Å². The summed E-state index contributed by atoms with van der Waals surface area (Å²) in [5, 5.41) is 0. The van der Waals surface area contributed by atoms with Gasteiger partial charge in [0.05, 0.1) is 7.11 Å². The molecule has 1 rings (SSSR count). The molecule has 1 aromatic rings. The van der Waals surface area contributed by atoms with Gasteiger partial charge in [0.1, 0.15) is 6.29 Å². The van der Waals surface area contributed by atoms with Crippen molar-refractivity contribution in [2.24, 2.45) is 0 Å². The second kappa shape index (κ2) is 7.98. The zero-order valence-corrected chi connectivity index (χ0v) is 8.40. The van der Waals surface area contributed by atoms with Gasteiger partial charge in [-0.2, -0.15) is 0 Å². The van der Waals surface area contributed by atoms with Crippen molar-refractivity contribution in [2.45, 2.75) is 13.3 Å². The maximum absolute atomic E-state index is 9.97. The van der Waals surface area contributed by atoms with Crippen LogP contribution in [0.3, 0.4) is 0 Å². The van der Waals surface area contributed by atoms with Crippen molar-refractivity contribution in [1.29, 1.82) is 0 Å². The molecular weight excluding hydrogens is 180 g/mol. The Morgan fingerprint density at radius 1 is 1.36 bits per heavy atom. The van der Waals surface area contributed by atoms with Crippen molar-refractivity contribution in [3.05, 3.63) is 35.9 Å². The van der Waals surface area contributed by atoms with Crippen LogP contribution in [0.1, 0.15) is 12.5 Å². The molecule has 14 heavy (non-hydrogen) atoms. The summed E-state index contributed by atoms with van der Waals surface area (Å²) in [5.74, 6) is -0.245. The Hall–Kier alpha value is -1.64. The van der Waals surface area contributed by atoms with Gasteiger partial charge >= 0.3 is 5.97 Å². The standard InChI is InChI=1S/C8H8O.C3H6O2/c9-7-6-8-4-2-1-3-5-8;1-3(4)5-2/h1-5,7H,6H2;1-2H3. The Kier molecular flexibility index (Phi) is 7.05. The number of carbonyl (C=O) groups is 2. The third-order valence-corrected chi connectivity index (χ3v) is 1.45. The highest BCUT2D eigenvalue weighted by molar-refractivity contribution is 5.65. The van der Waals surface area contributed by atoms with E-state index in [0.717, 1.165) is 11.8 Å². The molecule has 0 heterocycles. The van der Waals surface area contributed by atoms with E-state index in [1.54, 1.807) is 0 Å². The molecule has 0 aliphatic carbocycles. The molecule has 0 amide bonds. The fourth-order valence-corrected chi connectivity index (χ4v) is 0.710. The highest BCUT2D eigenvalue weighted by Crippen LogP contribution is 1.96. The number of carbonyl (C=O) groups excluding carboxylic acids is 2. The predicted octanol–water partition coefficient (Wildman–Crippen LogP) is 1.61. The molecule has 0 fully saturated rings. The highest BCUT2D eigenvalue weighted by Gasteiger charge is 1.84. The number of esters is 1. The minimum absolute atomic E-state index is 0.245. The normalized spacial score (nSPS) is 8.14. The van der Waals surface area contributed by atoms with Gasteiger partial charge in [0.25, 0.3) is 0 Å². The van der Waals surface area contributed by atoms with Gasteiger partial charge in [0.2, 0.25) is 0 Å². The first-order valence-corrected chi connectivity index (χ1v) is 4.22. The molecule has 0 spiro atoms. The van der Waals surface area contributed by atoms with E-state index in [9.17, 15) is 9.59 Å². The van der Waals surface area contributed by atoms with Crippen LogP contribution in [-0.2, 0) is 20.7 Å². The molecular formula is C11H14O3. The van der Waals surface area contributed by atoms with Crippen molar-refractivity contribution in [2.75, 3.05) is 7.11 Å². The van der Waals surface area contributed by atoms with E-state index in [4.69, 9.17) is 0 Å². The number of rotatable bonds is 2. The van der Waals surface area contributed by atoms with Crippen LogP contribution in [0, 0.1) is 0 Å². The van der Waals surface area contributed by atoms with Gasteiger partial charge in [-0.1, -0.05) is 30.3 Å².